The molecule has 1 aliphatic rings. The molecule has 13 nitrogen and oxygen atoms in total. The molecule has 18 heteroatoms. The number of hydrogen-bond acceptors (Lipinski definition) is 9. The first-order chi connectivity index (χ1) is 22.1. The Kier molecular flexibility index (Phi) is 9.19. The molecule has 246 valence electrons. The summed E-state index contributed by atoms with van der Waals surface area (Å²) in [5.41, 5.74) is 3.36. The minimum absolute atomic E-state index is 0.0656. The van der Waals surface area contributed by atoms with E-state index >= 15 is 0 Å². The lowest BCUT2D eigenvalue weighted by Crippen LogP contribution is -2.31. The summed E-state index contributed by atoms with van der Waals surface area (Å²) in [4.78, 5) is 32.3. The number of alkyl halides is 3. The number of rotatable bonds is 8. The number of fused-ring (bicyclic) bond motifs is 1. The van der Waals surface area contributed by atoms with E-state index in [-0.39, 0.29) is 17.7 Å². The predicted octanol–water partition coefficient (Wildman–Crippen LogP) is 4.00. The van der Waals surface area contributed by atoms with E-state index in [0.717, 1.165) is 11.1 Å². The summed E-state index contributed by atoms with van der Waals surface area (Å²) in [5.74, 6) is -2.35. The summed E-state index contributed by atoms with van der Waals surface area (Å²) in [6.45, 7) is 0. The maximum Gasteiger partial charge on any atom is 0.490 e. The van der Waals surface area contributed by atoms with Gasteiger partial charge in [-0.1, -0.05) is 36.4 Å². The van der Waals surface area contributed by atoms with Crippen molar-refractivity contribution in [1.29, 1.82) is 0 Å². The standard InChI is InChI=1S/C27H23N5O6S2.C2HF3O2/c33-26-14-25(40(36,37)32-26)19-7-5-17(6-8-19)13-23(27-29-21-3-1-2-4-22(21)30-27)31-39(34,35)20-11-9-18(10-12-20)24-15-28-16-38-24;3-2(4,5)1(6)7/h1-12,15-16,23,25,31H,13-14H2,(H,29,30)(H,32,33);(H,6,7)/t23-,25?;/m0./s1. The zero-order chi connectivity index (χ0) is 34.0. The van der Waals surface area contributed by atoms with E-state index in [9.17, 15) is 34.8 Å². The normalized spacial score (nSPS) is 16.7. The average molecular weight is 692 g/mol. The van der Waals surface area contributed by atoms with Gasteiger partial charge in [-0.25, -0.2) is 36.3 Å². The number of nitrogens with one attached hydrogen (secondary N) is 3. The number of aromatic amines is 1. The Morgan fingerprint density at radius 1 is 1.06 bits per heavy atom. The summed E-state index contributed by atoms with van der Waals surface area (Å²) >= 11 is 0. The van der Waals surface area contributed by atoms with Gasteiger partial charge in [-0.05, 0) is 53.9 Å². The van der Waals surface area contributed by atoms with Crippen LogP contribution in [0, 0.1) is 0 Å². The maximum atomic E-state index is 13.5. The number of carbonyl (C=O) groups is 2. The van der Waals surface area contributed by atoms with Gasteiger partial charge in [-0.15, -0.1) is 0 Å². The van der Waals surface area contributed by atoms with Crippen LogP contribution in [-0.4, -0.2) is 54.9 Å². The number of amides is 1. The average Bonchev–Trinajstić information content (AvgIpc) is 3.76. The van der Waals surface area contributed by atoms with Crippen LogP contribution < -0.4 is 9.44 Å². The zero-order valence-corrected chi connectivity index (χ0v) is 25.4. The number of halogens is 3. The Labute approximate surface area is 265 Å². The number of oxazole rings is 1. The Hall–Kier alpha value is -5.07. The topological polar surface area (TPSA) is 201 Å². The second-order valence-electron chi connectivity index (χ2n) is 10.2. The van der Waals surface area contributed by atoms with Gasteiger partial charge >= 0.3 is 12.1 Å². The molecule has 5 aromatic rings. The second-order valence-corrected chi connectivity index (χ2v) is 13.8. The van der Waals surface area contributed by atoms with Gasteiger partial charge in [0.05, 0.1) is 34.6 Å². The lowest BCUT2D eigenvalue weighted by molar-refractivity contribution is -0.192. The number of carbonyl (C=O) groups excluding carboxylic acids is 1. The van der Waals surface area contributed by atoms with Gasteiger partial charge in [0, 0.05) is 5.56 Å². The van der Waals surface area contributed by atoms with Gasteiger partial charge in [0.15, 0.2) is 12.2 Å². The molecular formula is C29H24F3N5O8S2. The molecule has 0 spiro atoms. The number of carboxylic acid groups (broad SMARTS) is 1. The highest BCUT2D eigenvalue weighted by Crippen LogP contribution is 2.31. The number of carboxylic acids is 1. The van der Waals surface area contributed by atoms with Crippen molar-refractivity contribution >= 4 is 43.0 Å². The minimum atomic E-state index is -5.08. The molecule has 1 amide bonds. The smallest absolute Gasteiger partial charge is 0.475 e. The van der Waals surface area contributed by atoms with Crippen LogP contribution in [0.4, 0.5) is 13.2 Å². The van der Waals surface area contributed by atoms with E-state index < -0.39 is 49.4 Å². The van der Waals surface area contributed by atoms with E-state index in [1.54, 1.807) is 42.6 Å². The fraction of sp³-hybridized carbons (Fsp3) is 0.172. The molecule has 3 aromatic carbocycles. The largest absolute Gasteiger partial charge is 0.490 e. The van der Waals surface area contributed by atoms with Crippen LogP contribution in [0.1, 0.15) is 34.7 Å². The number of imidazole rings is 1. The fourth-order valence-corrected chi connectivity index (χ4v) is 7.32. The van der Waals surface area contributed by atoms with Gasteiger partial charge in [0.1, 0.15) is 11.1 Å². The van der Waals surface area contributed by atoms with Crippen molar-refractivity contribution in [2.45, 2.75) is 35.2 Å². The number of benzene rings is 3. The van der Waals surface area contributed by atoms with Crippen LogP contribution in [0.5, 0.6) is 0 Å². The van der Waals surface area contributed by atoms with Crippen molar-refractivity contribution in [2.75, 3.05) is 0 Å². The summed E-state index contributed by atoms with van der Waals surface area (Å²) in [5, 5.41) is 6.17. The molecule has 1 unspecified atom stereocenters. The number of hydrogen-bond donors (Lipinski definition) is 4. The summed E-state index contributed by atoms with van der Waals surface area (Å²) in [6, 6.07) is 19.6. The van der Waals surface area contributed by atoms with Crippen molar-refractivity contribution in [3.63, 3.8) is 0 Å². The minimum Gasteiger partial charge on any atom is -0.475 e. The lowest BCUT2D eigenvalue weighted by atomic mass is 10.0. The first-order valence-electron chi connectivity index (χ1n) is 13.5. The summed E-state index contributed by atoms with van der Waals surface area (Å²) < 4.78 is 93.2. The molecule has 1 aliphatic heterocycles. The van der Waals surface area contributed by atoms with Crippen molar-refractivity contribution in [2.24, 2.45) is 0 Å². The maximum absolute atomic E-state index is 13.5. The predicted molar refractivity (Wildman–Crippen MR) is 159 cm³/mol. The van der Waals surface area contributed by atoms with Crippen molar-refractivity contribution in [3.8, 4) is 11.3 Å². The van der Waals surface area contributed by atoms with E-state index in [1.807, 2.05) is 29.0 Å². The Morgan fingerprint density at radius 2 is 1.72 bits per heavy atom. The van der Waals surface area contributed by atoms with Crippen LogP contribution in [0.2, 0.25) is 0 Å². The van der Waals surface area contributed by atoms with Gasteiger partial charge in [-0.2, -0.15) is 13.2 Å². The van der Waals surface area contributed by atoms with Gasteiger partial charge in [-0.3, -0.25) is 9.52 Å². The molecule has 0 aliphatic carbocycles. The Morgan fingerprint density at radius 3 is 2.28 bits per heavy atom. The first-order valence-corrected chi connectivity index (χ1v) is 16.5. The number of nitrogens with zero attached hydrogens (tertiary/aromatic N) is 2. The third-order valence-corrected chi connectivity index (χ3v) is 10.1. The van der Waals surface area contributed by atoms with E-state index in [2.05, 4.69) is 19.7 Å². The highest BCUT2D eigenvalue weighted by Gasteiger charge is 2.39. The second kappa shape index (κ2) is 13.0. The molecule has 6 rings (SSSR count). The highest BCUT2D eigenvalue weighted by atomic mass is 32.2. The van der Waals surface area contributed by atoms with Gasteiger partial charge in [0.25, 0.3) is 0 Å². The number of aliphatic carboxylic acids is 1. The first kappa shape index (κ1) is 33.3. The van der Waals surface area contributed by atoms with E-state index in [1.165, 1.54) is 18.5 Å². The van der Waals surface area contributed by atoms with E-state index in [0.29, 0.717) is 28.2 Å². The molecule has 2 atom stereocenters. The van der Waals surface area contributed by atoms with Crippen LogP contribution in [-0.2, 0) is 36.1 Å². The molecule has 4 N–H and O–H groups in total. The molecule has 0 saturated carbocycles. The highest BCUT2D eigenvalue weighted by molar-refractivity contribution is 7.90. The van der Waals surface area contributed by atoms with Crippen molar-refractivity contribution in [1.82, 2.24) is 24.4 Å². The summed E-state index contributed by atoms with van der Waals surface area (Å²) in [7, 11) is -7.75. The van der Waals surface area contributed by atoms with E-state index in [4.69, 9.17) is 14.3 Å². The monoisotopic (exact) mass is 691 g/mol. The van der Waals surface area contributed by atoms with Crippen molar-refractivity contribution < 1.29 is 49.1 Å². The molecule has 0 bridgehead atoms. The third-order valence-electron chi connectivity index (χ3n) is 6.95. The number of aromatic nitrogens is 3. The molecule has 1 saturated heterocycles. The number of H-pyrrole nitrogens is 1. The zero-order valence-electron chi connectivity index (χ0n) is 23.8. The van der Waals surface area contributed by atoms with Crippen LogP contribution in [0.3, 0.4) is 0 Å². The lowest BCUT2D eigenvalue weighted by Gasteiger charge is -2.18. The van der Waals surface area contributed by atoms with Crippen molar-refractivity contribution in [3.05, 3.63) is 102 Å². The molecule has 47 heavy (non-hydrogen) atoms. The Bertz CT molecular complexity index is 2080. The van der Waals surface area contributed by atoms with Crippen LogP contribution in [0.15, 0.2) is 94.7 Å². The molecule has 2 aromatic heterocycles. The quantitative estimate of drug-likeness (QED) is 0.184. The summed E-state index contributed by atoms with van der Waals surface area (Å²) in [6.07, 6.45) is -2.15. The third kappa shape index (κ3) is 7.84. The molecular weight excluding hydrogens is 667 g/mol. The van der Waals surface area contributed by atoms with Gasteiger partial charge < -0.3 is 14.5 Å². The SMILES string of the molecule is O=C(O)C(F)(F)F.O=C1CC(c2ccc(C[C@H](NS(=O)(=O)c3ccc(-c4cnco4)cc3)c3nc4ccccc4[nH]3)cc2)S(=O)(=O)N1. The molecule has 0 radical (unpaired) electrons. The van der Waals surface area contributed by atoms with Crippen LogP contribution in [0.25, 0.3) is 22.4 Å². The number of para-hydroxylation sites is 2. The van der Waals surface area contributed by atoms with Crippen LogP contribution >= 0.6 is 0 Å². The molecule has 1 fully saturated rings. The van der Waals surface area contributed by atoms with Gasteiger partial charge in [0.2, 0.25) is 26.0 Å². The fourth-order valence-electron chi connectivity index (χ4n) is 4.69. The molecule has 3 heterocycles. The Balaban J connectivity index is 0.000000559. The number of sulfonamides is 2.